The summed E-state index contributed by atoms with van der Waals surface area (Å²) in [5.74, 6) is -0.261. The Morgan fingerprint density at radius 3 is 2.64 bits per heavy atom. The molecule has 0 saturated carbocycles. The summed E-state index contributed by atoms with van der Waals surface area (Å²) in [5.41, 5.74) is 3.91. The molecule has 3 aromatic rings. The van der Waals surface area contributed by atoms with Gasteiger partial charge in [-0.2, -0.15) is 4.99 Å². The average molecular weight is 416 g/mol. The van der Waals surface area contributed by atoms with Gasteiger partial charge in [-0.05, 0) is 43.2 Å². The summed E-state index contributed by atoms with van der Waals surface area (Å²) in [4.78, 5) is 17.4. The summed E-state index contributed by atoms with van der Waals surface area (Å²) in [5, 5.41) is 5.22. The number of hydrogen-bond acceptors (Lipinski definition) is 4. The first-order valence-corrected chi connectivity index (χ1v) is 11.0. The first-order chi connectivity index (χ1) is 13.2. The van der Waals surface area contributed by atoms with E-state index >= 15 is 0 Å². The molecule has 8 heteroatoms. The number of nitrogens with zero attached hydrogens (tertiary/aromatic N) is 2. The van der Waals surface area contributed by atoms with Crippen molar-refractivity contribution in [1.29, 1.82) is 0 Å². The van der Waals surface area contributed by atoms with Gasteiger partial charge in [-0.3, -0.25) is 4.79 Å². The molecule has 2 N–H and O–H groups in total. The molecule has 2 aromatic carbocycles. The predicted octanol–water partition coefficient (Wildman–Crippen LogP) is 2.82. The summed E-state index contributed by atoms with van der Waals surface area (Å²) in [6, 6.07) is 10.6. The molecule has 0 aliphatic rings. The van der Waals surface area contributed by atoms with Gasteiger partial charge in [0.05, 0.1) is 21.5 Å². The number of hydrogen-bond donors (Lipinski definition) is 1. The van der Waals surface area contributed by atoms with Crippen LogP contribution in [0.15, 0.2) is 58.9 Å². The monoisotopic (exact) mass is 415 g/mol. The number of carbonyl (C=O) groups excluding carboxylic acids is 1. The summed E-state index contributed by atoms with van der Waals surface area (Å²) < 4.78 is 25.7. The Morgan fingerprint density at radius 2 is 2.00 bits per heavy atom. The Bertz CT molecular complexity index is 1250. The highest BCUT2D eigenvalue weighted by Crippen LogP contribution is 2.21. The Morgan fingerprint density at radius 1 is 1.25 bits per heavy atom. The minimum absolute atomic E-state index is 0.0279. The van der Waals surface area contributed by atoms with Gasteiger partial charge in [0.25, 0.3) is 5.91 Å². The second kappa shape index (κ2) is 7.83. The minimum Gasteiger partial charge on any atom is -0.313 e. The standard InChI is InChI=1S/C20H21N3O3S2/c1-4-9-23-17-8-7-16(28(21,25)26)12-18(17)27-20(23)22-19(24)11-15-6-5-13(2)10-14(15)3/h4-8,10,12H,1,9,11H2,2-3H3,(H2,21,25,26). The molecule has 0 bridgehead atoms. The minimum atomic E-state index is -3.80. The zero-order chi connectivity index (χ0) is 20.5. The van der Waals surface area contributed by atoms with E-state index in [0.717, 1.165) is 22.2 Å². The molecule has 0 spiro atoms. The lowest BCUT2D eigenvalue weighted by atomic mass is 10.0. The lowest BCUT2D eigenvalue weighted by Crippen LogP contribution is -2.17. The number of primary sulfonamides is 1. The van der Waals surface area contributed by atoms with E-state index in [4.69, 9.17) is 5.14 Å². The molecule has 146 valence electrons. The SMILES string of the molecule is C=CCn1c(=NC(=O)Cc2ccc(C)cc2C)sc2cc(S(N)(=O)=O)ccc21. The Hall–Kier alpha value is -2.55. The van der Waals surface area contributed by atoms with Crippen molar-refractivity contribution in [2.75, 3.05) is 0 Å². The number of nitrogens with two attached hydrogens (primary N) is 1. The van der Waals surface area contributed by atoms with Crippen LogP contribution in [0.5, 0.6) is 0 Å². The maximum atomic E-state index is 12.6. The van der Waals surface area contributed by atoms with E-state index < -0.39 is 10.0 Å². The zero-order valence-electron chi connectivity index (χ0n) is 15.7. The average Bonchev–Trinajstić information content (AvgIpc) is 2.93. The van der Waals surface area contributed by atoms with Gasteiger partial charge in [0, 0.05) is 6.54 Å². The van der Waals surface area contributed by atoms with Crippen molar-refractivity contribution >= 4 is 37.5 Å². The van der Waals surface area contributed by atoms with E-state index in [1.54, 1.807) is 12.1 Å². The van der Waals surface area contributed by atoms with Crippen molar-refractivity contribution in [3.05, 3.63) is 70.5 Å². The van der Waals surface area contributed by atoms with Crippen molar-refractivity contribution in [2.45, 2.75) is 31.7 Å². The third-order valence-corrected chi connectivity index (χ3v) is 6.31. The van der Waals surface area contributed by atoms with E-state index in [9.17, 15) is 13.2 Å². The number of thiazole rings is 1. The molecule has 28 heavy (non-hydrogen) atoms. The van der Waals surface area contributed by atoms with Gasteiger partial charge in [0.1, 0.15) is 0 Å². The zero-order valence-corrected chi connectivity index (χ0v) is 17.3. The van der Waals surface area contributed by atoms with Crippen molar-refractivity contribution < 1.29 is 13.2 Å². The van der Waals surface area contributed by atoms with Crippen LogP contribution < -0.4 is 9.94 Å². The van der Waals surface area contributed by atoms with Crippen LogP contribution in [0.1, 0.15) is 16.7 Å². The molecule has 0 saturated heterocycles. The Balaban J connectivity index is 2.05. The van der Waals surface area contributed by atoms with E-state index in [2.05, 4.69) is 11.6 Å². The van der Waals surface area contributed by atoms with Crippen LogP contribution in [-0.2, 0) is 27.8 Å². The highest BCUT2D eigenvalue weighted by molar-refractivity contribution is 7.89. The fourth-order valence-corrected chi connectivity index (χ4v) is 4.69. The second-order valence-electron chi connectivity index (χ2n) is 6.57. The van der Waals surface area contributed by atoms with Crippen LogP contribution in [0, 0.1) is 13.8 Å². The molecule has 1 amide bonds. The molecule has 0 fully saturated rings. The smallest absolute Gasteiger partial charge is 0.252 e. The number of amides is 1. The second-order valence-corrected chi connectivity index (χ2v) is 9.14. The van der Waals surface area contributed by atoms with E-state index in [1.165, 1.54) is 23.5 Å². The van der Waals surface area contributed by atoms with Crippen molar-refractivity contribution in [1.82, 2.24) is 4.57 Å². The van der Waals surface area contributed by atoms with Crippen molar-refractivity contribution in [3.63, 3.8) is 0 Å². The number of sulfonamides is 1. The molecule has 0 aliphatic heterocycles. The topological polar surface area (TPSA) is 94.5 Å². The molecule has 1 heterocycles. The number of aromatic nitrogens is 1. The molecule has 3 rings (SSSR count). The van der Waals surface area contributed by atoms with Crippen molar-refractivity contribution in [2.24, 2.45) is 10.1 Å². The molecule has 0 aliphatic carbocycles. The normalized spacial score (nSPS) is 12.5. The van der Waals surface area contributed by atoms with Gasteiger partial charge in [-0.1, -0.05) is 41.2 Å². The van der Waals surface area contributed by atoms with Gasteiger partial charge in [-0.25, -0.2) is 13.6 Å². The van der Waals surface area contributed by atoms with Gasteiger partial charge < -0.3 is 4.57 Å². The van der Waals surface area contributed by atoms with Gasteiger partial charge in [-0.15, -0.1) is 6.58 Å². The molecule has 0 unspecified atom stereocenters. The van der Waals surface area contributed by atoms with Crippen LogP contribution in [-0.4, -0.2) is 18.9 Å². The lowest BCUT2D eigenvalue weighted by molar-refractivity contribution is -0.117. The summed E-state index contributed by atoms with van der Waals surface area (Å²) >= 11 is 1.25. The fraction of sp³-hybridized carbons (Fsp3) is 0.200. The van der Waals surface area contributed by atoms with Gasteiger partial charge >= 0.3 is 0 Å². The highest BCUT2D eigenvalue weighted by Gasteiger charge is 2.13. The van der Waals surface area contributed by atoms with E-state index in [1.807, 2.05) is 36.6 Å². The first-order valence-electron chi connectivity index (χ1n) is 8.60. The maximum Gasteiger partial charge on any atom is 0.252 e. The third-order valence-electron chi connectivity index (χ3n) is 4.35. The quantitative estimate of drug-likeness (QED) is 0.649. The molecule has 6 nitrogen and oxygen atoms in total. The number of allylic oxidation sites excluding steroid dienone is 1. The van der Waals surface area contributed by atoms with E-state index in [-0.39, 0.29) is 17.2 Å². The Labute approximate surface area is 167 Å². The van der Waals surface area contributed by atoms with E-state index in [0.29, 0.717) is 16.0 Å². The number of fused-ring (bicyclic) bond motifs is 1. The predicted molar refractivity (Wildman–Crippen MR) is 112 cm³/mol. The van der Waals surface area contributed by atoms with Crippen molar-refractivity contribution in [3.8, 4) is 0 Å². The molecular weight excluding hydrogens is 394 g/mol. The van der Waals surface area contributed by atoms with Crippen LogP contribution in [0.2, 0.25) is 0 Å². The van der Waals surface area contributed by atoms with Crippen LogP contribution in [0.3, 0.4) is 0 Å². The lowest BCUT2D eigenvalue weighted by Gasteiger charge is -2.04. The molecular formula is C20H21N3O3S2. The largest absolute Gasteiger partial charge is 0.313 e. The molecule has 0 radical (unpaired) electrons. The first kappa shape index (κ1) is 20.2. The van der Waals surface area contributed by atoms with Crippen LogP contribution in [0.25, 0.3) is 10.2 Å². The van der Waals surface area contributed by atoms with Crippen LogP contribution in [0.4, 0.5) is 0 Å². The fourth-order valence-electron chi connectivity index (χ4n) is 2.97. The number of aryl methyl sites for hydroxylation is 2. The molecule has 1 aromatic heterocycles. The highest BCUT2D eigenvalue weighted by atomic mass is 32.2. The summed E-state index contributed by atoms with van der Waals surface area (Å²) in [6.07, 6.45) is 1.91. The molecule has 0 atom stereocenters. The number of benzene rings is 2. The van der Waals surface area contributed by atoms with Gasteiger partial charge in [0.2, 0.25) is 10.0 Å². The maximum absolute atomic E-state index is 12.6. The number of carbonyl (C=O) groups is 1. The van der Waals surface area contributed by atoms with Crippen LogP contribution >= 0.6 is 11.3 Å². The summed E-state index contributed by atoms with van der Waals surface area (Å²) in [7, 11) is -3.80. The van der Waals surface area contributed by atoms with Gasteiger partial charge in [0.15, 0.2) is 4.80 Å². The number of rotatable bonds is 5. The Kier molecular flexibility index (Phi) is 5.64. The third kappa shape index (κ3) is 4.30. The summed E-state index contributed by atoms with van der Waals surface area (Å²) in [6.45, 7) is 8.18.